The van der Waals surface area contributed by atoms with Crippen molar-refractivity contribution in [2.75, 3.05) is 19.0 Å². The molecule has 3 aromatic rings. The number of nitrogens with one attached hydrogen (secondary N) is 1. The Morgan fingerprint density at radius 3 is 2.24 bits per heavy atom. The van der Waals surface area contributed by atoms with Crippen LogP contribution in [0.3, 0.4) is 0 Å². The largest absolute Gasteiger partial charge is 0.465 e. The van der Waals surface area contributed by atoms with E-state index in [1.165, 1.54) is 43.5 Å². The van der Waals surface area contributed by atoms with Crippen LogP contribution < -0.4 is 5.32 Å². The Morgan fingerprint density at radius 1 is 0.912 bits per heavy atom. The molecule has 1 amide bonds. The Labute approximate surface area is 206 Å². The maximum absolute atomic E-state index is 13.8. The average molecular weight is 553 g/mol. The summed E-state index contributed by atoms with van der Waals surface area (Å²) in [5.74, 6) is -4.34. The molecule has 0 radical (unpaired) electrons. The first-order chi connectivity index (χ1) is 16.2. The van der Waals surface area contributed by atoms with Crippen molar-refractivity contribution in [2.45, 2.75) is 6.92 Å². The van der Waals surface area contributed by atoms with Crippen molar-refractivity contribution in [2.24, 2.45) is 0 Å². The molecule has 0 aliphatic rings. The number of methoxy groups -OCH3 is 1. The van der Waals surface area contributed by atoms with Crippen molar-refractivity contribution in [1.29, 1.82) is 0 Å². The number of benzene rings is 3. The molecule has 0 heterocycles. The summed E-state index contributed by atoms with van der Waals surface area (Å²) in [6, 6.07) is 10.2. The maximum atomic E-state index is 13.8. The second-order valence-corrected chi connectivity index (χ2v) is 8.13. The molecule has 0 atom stereocenters. The van der Waals surface area contributed by atoms with E-state index in [1.807, 2.05) is 0 Å². The van der Waals surface area contributed by atoms with Gasteiger partial charge in [0.25, 0.3) is 5.91 Å². The Kier molecular flexibility index (Phi) is 8.01. The van der Waals surface area contributed by atoms with Gasteiger partial charge in [-0.25, -0.2) is 18.4 Å². The summed E-state index contributed by atoms with van der Waals surface area (Å²) in [4.78, 5) is 37.9. The highest BCUT2D eigenvalue weighted by molar-refractivity contribution is 9.10. The Bertz CT molecular complexity index is 1300. The number of esters is 2. The lowest BCUT2D eigenvalue weighted by molar-refractivity contribution is 0.0522. The van der Waals surface area contributed by atoms with Crippen LogP contribution in [0.1, 0.15) is 38.0 Å². The summed E-state index contributed by atoms with van der Waals surface area (Å²) in [5.41, 5.74) is 0.508. The third-order valence-electron chi connectivity index (χ3n) is 4.73. The summed E-state index contributed by atoms with van der Waals surface area (Å²) < 4.78 is 37.3. The van der Waals surface area contributed by atoms with E-state index in [0.29, 0.717) is 10.0 Å². The van der Waals surface area contributed by atoms with E-state index >= 15 is 0 Å². The van der Waals surface area contributed by atoms with E-state index in [9.17, 15) is 23.2 Å². The molecule has 3 aromatic carbocycles. The van der Waals surface area contributed by atoms with Crippen molar-refractivity contribution >= 4 is 51.1 Å². The van der Waals surface area contributed by atoms with E-state index in [0.717, 1.165) is 12.1 Å². The standard InChI is InChI=1S/C24H17BrClF2NO5/c1-3-34-24(32)14-6-4-12(13-5-7-19(27)20(28)9-13)8-15(14)22(30)29-21-11-18(26)17(25)10-16(21)23(31)33-2/h4-11H,3H2,1-2H3,(H,29,30). The highest BCUT2D eigenvalue weighted by Crippen LogP contribution is 2.31. The predicted octanol–water partition coefficient (Wildman–Crippen LogP) is 6.26. The lowest BCUT2D eigenvalue weighted by atomic mass is 9.98. The number of hydrogen-bond acceptors (Lipinski definition) is 5. The van der Waals surface area contributed by atoms with Crippen molar-refractivity contribution in [3.63, 3.8) is 0 Å². The molecule has 10 heteroatoms. The average Bonchev–Trinajstić information content (AvgIpc) is 2.82. The highest BCUT2D eigenvalue weighted by Gasteiger charge is 2.23. The first-order valence-corrected chi connectivity index (χ1v) is 11.0. The summed E-state index contributed by atoms with van der Waals surface area (Å²) in [6.07, 6.45) is 0. The van der Waals surface area contributed by atoms with Crippen molar-refractivity contribution in [1.82, 2.24) is 0 Å². The predicted molar refractivity (Wildman–Crippen MR) is 126 cm³/mol. The number of ether oxygens (including phenoxy) is 2. The van der Waals surface area contributed by atoms with Gasteiger partial charge in [-0.3, -0.25) is 4.79 Å². The molecule has 0 saturated heterocycles. The van der Waals surface area contributed by atoms with Gasteiger partial charge in [0.1, 0.15) is 0 Å². The smallest absolute Gasteiger partial charge is 0.340 e. The highest BCUT2D eigenvalue weighted by atomic mass is 79.9. The lowest BCUT2D eigenvalue weighted by Crippen LogP contribution is -2.19. The minimum atomic E-state index is -1.06. The van der Waals surface area contributed by atoms with E-state index in [-0.39, 0.29) is 39.6 Å². The van der Waals surface area contributed by atoms with Gasteiger partial charge >= 0.3 is 11.9 Å². The number of hydrogen-bond donors (Lipinski definition) is 1. The van der Waals surface area contributed by atoms with Crippen molar-refractivity contribution in [3.8, 4) is 11.1 Å². The van der Waals surface area contributed by atoms with Gasteiger partial charge in [-0.15, -0.1) is 0 Å². The number of carbonyl (C=O) groups excluding carboxylic acids is 3. The van der Waals surface area contributed by atoms with Gasteiger partial charge in [0.2, 0.25) is 0 Å². The molecule has 0 fully saturated rings. The molecular weight excluding hydrogens is 536 g/mol. The first kappa shape index (κ1) is 25.3. The molecule has 0 aromatic heterocycles. The Balaban J connectivity index is 2.10. The summed E-state index contributed by atoms with van der Waals surface area (Å²) in [7, 11) is 1.18. The van der Waals surface area contributed by atoms with Crippen LogP contribution in [0, 0.1) is 11.6 Å². The zero-order chi connectivity index (χ0) is 25.0. The molecule has 6 nitrogen and oxygen atoms in total. The zero-order valence-corrected chi connectivity index (χ0v) is 20.2. The molecule has 0 spiro atoms. The van der Waals surface area contributed by atoms with Crippen molar-refractivity contribution in [3.05, 3.63) is 86.4 Å². The Morgan fingerprint density at radius 2 is 1.59 bits per heavy atom. The van der Waals surface area contributed by atoms with E-state index < -0.39 is 29.5 Å². The SMILES string of the molecule is CCOC(=O)c1ccc(-c2ccc(F)c(F)c2)cc1C(=O)Nc1cc(Cl)c(Br)cc1C(=O)OC. The molecule has 0 aliphatic carbocycles. The van der Waals surface area contributed by atoms with Crippen LogP contribution in [0.4, 0.5) is 14.5 Å². The van der Waals surface area contributed by atoms with Gasteiger partial charge in [0.05, 0.1) is 41.1 Å². The first-order valence-electron chi connectivity index (χ1n) is 9.81. The fourth-order valence-corrected chi connectivity index (χ4v) is 3.60. The number of amides is 1. The van der Waals surface area contributed by atoms with Crippen LogP contribution >= 0.6 is 27.5 Å². The minimum Gasteiger partial charge on any atom is -0.465 e. The molecule has 176 valence electrons. The molecule has 0 saturated carbocycles. The van der Waals surface area contributed by atoms with Crippen LogP contribution in [-0.4, -0.2) is 31.6 Å². The maximum Gasteiger partial charge on any atom is 0.340 e. The second-order valence-electron chi connectivity index (χ2n) is 6.87. The number of anilines is 1. The quantitative estimate of drug-likeness (QED) is 0.365. The molecule has 3 rings (SSSR count). The van der Waals surface area contributed by atoms with Crippen molar-refractivity contribution < 1.29 is 32.6 Å². The van der Waals surface area contributed by atoms with E-state index in [4.69, 9.17) is 21.1 Å². The second kappa shape index (κ2) is 10.8. The topological polar surface area (TPSA) is 81.7 Å². The Hall–Kier alpha value is -3.30. The lowest BCUT2D eigenvalue weighted by Gasteiger charge is -2.14. The van der Waals surface area contributed by atoms with E-state index in [1.54, 1.807) is 6.92 Å². The van der Waals surface area contributed by atoms with Crippen LogP contribution in [0.2, 0.25) is 5.02 Å². The minimum absolute atomic E-state index is 0.0153. The van der Waals surface area contributed by atoms with Gasteiger partial charge in [-0.05, 0) is 70.4 Å². The molecule has 0 bridgehead atoms. The molecule has 0 aliphatic heterocycles. The normalized spacial score (nSPS) is 10.5. The molecule has 0 unspecified atom stereocenters. The van der Waals surface area contributed by atoms with Gasteiger partial charge in [0.15, 0.2) is 11.6 Å². The van der Waals surface area contributed by atoms with Gasteiger partial charge in [-0.2, -0.15) is 0 Å². The monoisotopic (exact) mass is 551 g/mol. The van der Waals surface area contributed by atoms with Crippen LogP contribution in [0.5, 0.6) is 0 Å². The van der Waals surface area contributed by atoms with Gasteiger partial charge in [0, 0.05) is 4.47 Å². The number of rotatable bonds is 6. The fraction of sp³-hybridized carbons (Fsp3) is 0.125. The third kappa shape index (κ3) is 5.43. The molecular formula is C24H17BrClF2NO5. The zero-order valence-electron chi connectivity index (χ0n) is 17.9. The molecule has 1 N–H and O–H groups in total. The van der Waals surface area contributed by atoms with Crippen LogP contribution in [0.25, 0.3) is 11.1 Å². The number of carbonyl (C=O) groups is 3. The summed E-state index contributed by atoms with van der Waals surface area (Å²) >= 11 is 9.34. The summed E-state index contributed by atoms with van der Waals surface area (Å²) in [5, 5.41) is 2.77. The fourth-order valence-electron chi connectivity index (χ4n) is 3.09. The van der Waals surface area contributed by atoms with Crippen LogP contribution in [0.15, 0.2) is 53.0 Å². The molecule has 34 heavy (non-hydrogen) atoms. The number of halogens is 4. The summed E-state index contributed by atoms with van der Waals surface area (Å²) in [6.45, 7) is 1.68. The van der Waals surface area contributed by atoms with Gasteiger partial charge < -0.3 is 14.8 Å². The third-order valence-corrected chi connectivity index (χ3v) is 5.92. The van der Waals surface area contributed by atoms with E-state index in [2.05, 4.69) is 21.2 Å². The van der Waals surface area contributed by atoms with Crippen LogP contribution in [-0.2, 0) is 9.47 Å². The van der Waals surface area contributed by atoms with Gasteiger partial charge in [-0.1, -0.05) is 23.7 Å².